The van der Waals surface area contributed by atoms with Crippen LogP contribution in [0.25, 0.3) is 0 Å². The predicted molar refractivity (Wildman–Crippen MR) is 163 cm³/mol. The van der Waals surface area contributed by atoms with Crippen molar-refractivity contribution >= 4 is 49.3 Å². The van der Waals surface area contributed by atoms with E-state index in [0.717, 1.165) is 37.0 Å². The zero-order valence-electron chi connectivity index (χ0n) is 21.9. The van der Waals surface area contributed by atoms with E-state index in [0.29, 0.717) is 31.2 Å². The van der Waals surface area contributed by atoms with Gasteiger partial charge in [-0.2, -0.15) is 0 Å². The third kappa shape index (κ3) is 8.21. The molecule has 6 nitrogen and oxygen atoms in total. The molecule has 3 atom stereocenters. The largest absolute Gasteiger partial charge is 0.489 e. The summed E-state index contributed by atoms with van der Waals surface area (Å²) in [5, 5.41) is 0.394. The standard InChI is InChI=1S/C29H35INO5PS/c1-3-35-36-37-21-29(20-34-28(32)31(29)2)16-8-11-23-14-15-26(18-27(23)30)38-25-13-7-12-24(17-25)33-19-22-9-5-4-6-10-22/h4-7,9-10,12-14,17-18,26,37H,3,8,11,15-16,19-21H2,1-2H3. The quantitative estimate of drug-likeness (QED) is 0.0671. The number of ether oxygens (including phenoxy) is 2. The summed E-state index contributed by atoms with van der Waals surface area (Å²) < 4.78 is 18.0. The molecule has 0 aromatic heterocycles. The third-order valence-corrected chi connectivity index (χ3v) is 10.00. The van der Waals surface area contributed by atoms with Crippen LogP contribution in [0.15, 0.2) is 80.8 Å². The number of amides is 1. The molecule has 1 amide bonds. The third-order valence-electron chi connectivity index (χ3n) is 6.75. The second-order valence-corrected chi connectivity index (χ2v) is 12.7. The first-order valence-corrected chi connectivity index (χ1v) is 16.0. The van der Waals surface area contributed by atoms with Crippen LogP contribution in [-0.4, -0.2) is 48.2 Å². The van der Waals surface area contributed by atoms with Crippen molar-refractivity contribution in [3.8, 4) is 5.75 Å². The first-order chi connectivity index (χ1) is 18.5. The average molecular weight is 668 g/mol. The molecule has 0 radical (unpaired) electrons. The minimum absolute atomic E-state index is 0.171. The number of rotatable bonds is 14. The number of allylic oxidation sites excluding steroid dienone is 3. The molecule has 1 heterocycles. The topological polar surface area (TPSA) is 57.2 Å². The summed E-state index contributed by atoms with van der Waals surface area (Å²) in [6.07, 6.45) is 9.03. The van der Waals surface area contributed by atoms with Gasteiger partial charge in [-0.3, -0.25) is 0 Å². The van der Waals surface area contributed by atoms with Crippen molar-refractivity contribution in [2.45, 2.75) is 54.9 Å². The molecule has 9 heteroatoms. The molecule has 1 aliphatic carbocycles. The lowest BCUT2D eigenvalue weighted by Crippen LogP contribution is -2.47. The highest BCUT2D eigenvalue weighted by Gasteiger charge is 2.44. The van der Waals surface area contributed by atoms with Gasteiger partial charge in [-0.1, -0.05) is 48.6 Å². The summed E-state index contributed by atoms with van der Waals surface area (Å²) >= 11 is 4.34. The average Bonchev–Trinajstić information content (AvgIpc) is 3.21. The molecule has 2 aromatic rings. The number of thioether (sulfide) groups is 1. The van der Waals surface area contributed by atoms with Crippen LogP contribution < -0.4 is 4.74 Å². The number of nitrogens with zero attached hydrogens (tertiary/aromatic N) is 1. The Morgan fingerprint density at radius 3 is 2.79 bits per heavy atom. The van der Waals surface area contributed by atoms with E-state index in [9.17, 15) is 4.79 Å². The molecule has 0 N–H and O–H groups in total. The number of likely N-dealkylation sites (N-methyl/N-ethyl adjacent to an activating group) is 1. The molecular weight excluding hydrogens is 632 g/mol. The van der Waals surface area contributed by atoms with Gasteiger partial charge in [-0.15, -0.1) is 11.8 Å². The Labute approximate surface area is 245 Å². The van der Waals surface area contributed by atoms with E-state index in [2.05, 4.69) is 65.1 Å². The Morgan fingerprint density at radius 1 is 1.21 bits per heavy atom. The van der Waals surface area contributed by atoms with Crippen molar-refractivity contribution < 1.29 is 23.8 Å². The molecular formula is C29H35INO5PS. The maximum Gasteiger partial charge on any atom is 0.410 e. The van der Waals surface area contributed by atoms with E-state index >= 15 is 0 Å². The molecule has 0 bridgehead atoms. The monoisotopic (exact) mass is 667 g/mol. The lowest BCUT2D eigenvalue weighted by Gasteiger charge is -2.33. The molecule has 1 fully saturated rings. The van der Waals surface area contributed by atoms with Gasteiger partial charge >= 0.3 is 6.09 Å². The second kappa shape index (κ2) is 14.7. The molecule has 2 aromatic carbocycles. The lowest BCUT2D eigenvalue weighted by molar-refractivity contribution is -0.191. The molecule has 2 aliphatic rings. The summed E-state index contributed by atoms with van der Waals surface area (Å²) in [7, 11) is 2.00. The zero-order chi connectivity index (χ0) is 26.8. The van der Waals surface area contributed by atoms with E-state index < -0.39 is 0 Å². The summed E-state index contributed by atoms with van der Waals surface area (Å²) in [5.74, 6) is 0.894. The Balaban J connectivity index is 1.26. The maximum atomic E-state index is 12.1. The predicted octanol–water partition coefficient (Wildman–Crippen LogP) is 7.93. The number of carbonyl (C=O) groups excluding carboxylic acids is 1. The van der Waals surface area contributed by atoms with Crippen LogP contribution in [0.3, 0.4) is 0 Å². The van der Waals surface area contributed by atoms with Crippen LogP contribution in [0.4, 0.5) is 4.79 Å². The van der Waals surface area contributed by atoms with E-state index in [1.807, 2.05) is 50.0 Å². The Kier molecular flexibility index (Phi) is 11.4. The van der Waals surface area contributed by atoms with Gasteiger partial charge in [0, 0.05) is 26.9 Å². The molecule has 0 spiro atoms. The molecule has 1 saturated heterocycles. The van der Waals surface area contributed by atoms with Crippen LogP contribution in [-0.2, 0) is 20.9 Å². The van der Waals surface area contributed by atoms with Crippen LogP contribution in [0.2, 0.25) is 0 Å². The Bertz CT molecular complexity index is 1130. The number of benzene rings is 2. The van der Waals surface area contributed by atoms with Gasteiger partial charge in [-0.05, 0) is 84.5 Å². The first kappa shape index (κ1) is 29.4. The van der Waals surface area contributed by atoms with Gasteiger partial charge in [0.25, 0.3) is 0 Å². The Hall–Kier alpha value is -1.58. The highest BCUT2D eigenvalue weighted by molar-refractivity contribution is 14.1. The van der Waals surface area contributed by atoms with E-state index in [-0.39, 0.29) is 20.4 Å². The number of cyclic esters (lactones) is 1. The maximum absolute atomic E-state index is 12.1. The highest BCUT2D eigenvalue weighted by Crippen LogP contribution is 2.39. The van der Waals surface area contributed by atoms with Crippen LogP contribution in [0, 0.1) is 0 Å². The van der Waals surface area contributed by atoms with Crippen molar-refractivity contribution in [2.24, 2.45) is 0 Å². The fourth-order valence-corrected chi connectivity index (χ4v) is 7.80. The number of hydrogen-bond acceptors (Lipinski definition) is 6. The molecule has 0 saturated carbocycles. The van der Waals surface area contributed by atoms with Gasteiger partial charge in [0.2, 0.25) is 0 Å². The van der Waals surface area contributed by atoms with Gasteiger partial charge in [0.05, 0.1) is 21.0 Å². The lowest BCUT2D eigenvalue weighted by atomic mass is 9.92. The summed E-state index contributed by atoms with van der Waals surface area (Å²) in [4.78, 5) is 20.1. The summed E-state index contributed by atoms with van der Waals surface area (Å²) in [6.45, 7) is 3.38. The van der Waals surface area contributed by atoms with Crippen molar-refractivity contribution in [1.82, 2.24) is 4.90 Å². The smallest absolute Gasteiger partial charge is 0.410 e. The zero-order valence-corrected chi connectivity index (χ0v) is 25.8. The van der Waals surface area contributed by atoms with Gasteiger partial charge in [0.1, 0.15) is 19.0 Å². The van der Waals surface area contributed by atoms with Crippen LogP contribution in [0.1, 0.15) is 38.2 Å². The van der Waals surface area contributed by atoms with E-state index in [1.54, 1.807) is 4.90 Å². The molecule has 204 valence electrons. The normalized spacial score (nSPS) is 21.5. The van der Waals surface area contributed by atoms with Crippen LogP contribution >= 0.6 is 43.2 Å². The van der Waals surface area contributed by atoms with Crippen LogP contribution in [0.5, 0.6) is 5.75 Å². The van der Waals surface area contributed by atoms with Crippen molar-refractivity contribution in [2.75, 3.05) is 26.4 Å². The molecule has 4 rings (SSSR count). The Morgan fingerprint density at radius 2 is 2.05 bits per heavy atom. The molecule has 1 aliphatic heterocycles. The van der Waals surface area contributed by atoms with Gasteiger partial charge < -0.3 is 14.4 Å². The number of hydrogen-bond donors (Lipinski definition) is 0. The highest BCUT2D eigenvalue weighted by atomic mass is 127. The minimum atomic E-state index is -0.330. The van der Waals surface area contributed by atoms with E-state index in [4.69, 9.17) is 19.0 Å². The fraction of sp³-hybridized carbons (Fsp3) is 0.414. The SMILES string of the molecule is CCOOPCC1(CCCC2=CCC(Sc3cccc(OCc4ccccc4)c3)C=C2I)COC(=O)N1C. The van der Waals surface area contributed by atoms with Crippen molar-refractivity contribution in [3.63, 3.8) is 0 Å². The number of carbonyl (C=O) groups is 1. The summed E-state index contributed by atoms with van der Waals surface area (Å²) in [5.41, 5.74) is 2.22. The van der Waals surface area contributed by atoms with Gasteiger partial charge in [0.15, 0.2) is 0 Å². The second-order valence-electron chi connectivity index (χ2n) is 9.39. The minimum Gasteiger partial charge on any atom is -0.489 e. The van der Waals surface area contributed by atoms with Crippen molar-refractivity contribution in [3.05, 3.63) is 81.5 Å². The van der Waals surface area contributed by atoms with Crippen molar-refractivity contribution in [1.29, 1.82) is 0 Å². The number of halogens is 1. The van der Waals surface area contributed by atoms with E-state index in [1.165, 1.54) is 14.0 Å². The molecule has 38 heavy (non-hydrogen) atoms. The fourth-order valence-electron chi connectivity index (χ4n) is 4.50. The summed E-state index contributed by atoms with van der Waals surface area (Å²) in [6, 6.07) is 18.6. The first-order valence-electron chi connectivity index (χ1n) is 12.9. The van der Waals surface area contributed by atoms with Gasteiger partial charge in [-0.25, -0.2) is 14.4 Å². The molecule has 3 unspecified atom stereocenters.